The number of halogens is 6. The number of rotatable bonds is 4. The number of aliphatic imine (C=N–C) groups is 1. The average Bonchev–Trinajstić information content (AvgIpc) is 3.45. The zero-order valence-electron chi connectivity index (χ0n) is 20.4. The second-order valence-electron chi connectivity index (χ2n) is 9.15. The molecule has 5 rings (SSSR count). The van der Waals surface area contributed by atoms with Gasteiger partial charge >= 0.3 is 12.4 Å². The van der Waals surface area contributed by atoms with E-state index in [1.54, 1.807) is 29.2 Å². The Morgan fingerprint density at radius 3 is 2.60 bits per heavy atom. The molecule has 2 aliphatic rings. The lowest BCUT2D eigenvalue weighted by Crippen LogP contribution is -2.56. The number of amides is 2. The minimum Gasteiger partial charge on any atom is -0.368 e. The van der Waals surface area contributed by atoms with Crippen LogP contribution in [0.3, 0.4) is 0 Å². The van der Waals surface area contributed by atoms with Gasteiger partial charge in [-0.2, -0.15) is 36.4 Å². The van der Waals surface area contributed by atoms with Gasteiger partial charge in [0.15, 0.2) is 5.17 Å². The van der Waals surface area contributed by atoms with Crippen molar-refractivity contribution in [2.45, 2.75) is 24.9 Å². The second kappa shape index (κ2) is 10.3. The molecule has 8 nitrogen and oxygen atoms in total. The van der Waals surface area contributed by atoms with E-state index in [0.29, 0.717) is 45.7 Å². The molecule has 1 aromatic heterocycles. The molecular formula is C25H20F6N6O2S. The number of nitrogens with zero attached hydrogens (tertiary/aromatic N) is 4. The number of amidine groups is 1. The zero-order valence-corrected chi connectivity index (χ0v) is 21.2. The van der Waals surface area contributed by atoms with Gasteiger partial charge in [0.1, 0.15) is 6.04 Å². The molecule has 1 saturated heterocycles. The highest BCUT2D eigenvalue weighted by molar-refractivity contribution is 8.18. The zero-order chi connectivity index (χ0) is 28.8. The van der Waals surface area contributed by atoms with Crippen molar-refractivity contribution in [1.29, 1.82) is 0 Å². The van der Waals surface area contributed by atoms with Gasteiger partial charge in [0.25, 0.3) is 5.91 Å². The Hall–Kier alpha value is -3.85. The van der Waals surface area contributed by atoms with E-state index in [4.69, 9.17) is 5.73 Å². The summed E-state index contributed by atoms with van der Waals surface area (Å²) in [5, 5.41) is 8.13. The number of thioether (sulfide) groups is 1. The van der Waals surface area contributed by atoms with Gasteiger partial charge in [-0.15, -0.1) is 0 Å². The lowest BCUT2D eigenvalue weighted by atomic mass is 10.0. The van der Waals surface area contributed by atoms with Gasteiger partial charge in [-0.1, -0.05) is 12.1 Å². The molecule has 0 bridgehead atoms. The van der Waals surface area contributed by atoms with Gasteiger partial charge in [0.2, 0.25) is 5.91 Å². The molecule has 3 aromatic rings. The third-order valence-corrected chi connectivity index (χ3v) is 7.47. The van der Waals surface area contributed by atoms with Crippen LogP contribution in [0.25, 0.3) is 17.0 Å². The molecule has 1 atom stereocenters. The summed E-state index contributed by atoms with van der Waals surface area (Å²) in [5.41, 5.74) is 3.31. The van der Waals surface area contributed by atoms with Gasteiger partial charge in [0, 0.05) is 25.0 Å². The predicted molar refractivity (Wildman–Crippen MR) is 136 cm³/mol. The van der Waals surface area contributed by atoms with Crippen LogP contribution in [0.2, 0.25) is 0 Å². The minimum atomic E-state index is -4.99. The minimum absolute atomic E-state index is 0.104. The van der Waals surface area contributed by atoms with Crippen LogP contribution in [0.4, 0.5) is 26.3 Å². The molecule has 0 aliphatic carbocycles. The van der Waals surface area contributed by atoms with Crippen molar-refractivity contribution in [2.24, 2.45) is 10.7 Å². The normalized spacial score (nSPS) is 19.5. The van der Waals surface area contributed by atoms with Crippen molar-refractivity contribution in [3.05, 3.63) is 69.8 Å². The topological polar surface area (TPSA) is 106 Å². The van der Waals surface area contributed by atoms with E-state index in [-0.39, 0.29) is 18.2 Å². The van der Waals surface area contributed by atoms with Gasteiger partial charge in [-0.25, -0.2) is 0 Å². The number of aromatic nitrogens is 2. The van der Waals surface area contributed by atoms with Crippen molar-refractivity contribution >= 4 is 45.7 Å². The van der Waals surface area contributed by atoms with Crippen LogP contribution in [0, 0.1) is 0 Å². The smallest absolute Gasteiger partial charge is 0.368 e. The third-order valence-electron chi connectivity index (χ3n) is 6.42. The van der Waals surface area contributed by atoms with Gasteiger partial charge < -0.3 is 16.0 Å². The molecule has 1 fully saturated rings. The number of nitrogens with one attached hydrogen (secondary N) is 1. The molecule has 210 valence electrons. The Kier molecular flexibility index (Phi) is 7.12. The SMILES string of the molecule is NC(=O)C1CN(C2=NC(=O)/C(=C\c3ccc4c(cnn4Cc4ccc(C(F)(F)F)cc4C(F)(F)F)c3)S2)CCN1. The van der Waals surface area contributed by atoms with E-state index in [0.717, 1.165) is 17.8 Å². The predicted octanol–water partition coefficient (Wildman–Crippen LogP) is 3.85. The van der Waals surface area contributed by atoms with Crippen LogP contribution in [-0.4, -0.2) is 57.3 Å². The highest BCUT2D eigenvalue weighted by Gasteiger charge is 2.38. The van der Waals surface area contributed by atoms with E-state index in [1.165, 1.54) is 10.9 Å². The fourth-order valence-electron chi connectivity index (χ4n) is 4.44. The molecule has 40 heavy (non-hydrogen) atoms. The Bertz CT molecular complexity index is 1560. The number of piperazine rings is 1. The van der Waals surface area contributed by atoms with Crippen LogP contribution in [-0.2, 0) is 28.5 Å². The van der Waals surface area contributed by atoms with E-state index in [2.05, 4.69) is 15.4 Å². The molecule has 0 spiro atoms. The van der Waals surface area contributed by atoms with E-state index in [1.807, 2.05) is 0 Å². The number of hydrogen-bond donors (Lipinski definition) is 2. The number of carbonyl (C=O) groups excluding carboxylic acids is 2. The molecular weight excluding hydrogens is 562 g/mol. The van der Waals surface area contributed by atoms with E-state index < -0.39 is 47.9 Å². The van der Waals surface area contributed by atoms with Crippen molar-refractivity contribution in [3.63, 3.8) is 0 Å². The Morgan fingerprint density at radius 1 is 1.12 bits per heavy atom. The van der Waals surface area contributed by atoms with E-state index >= 15 is 0 Å². The molecule has 3 heterocycles. The Labute approximate surface area is 226 Å². The summed E-state index contributed by atoms with van der Waals surface area (Å²) in [5.74, 6) is -0.955. The molecule has 2 amide bonds. The number of nitrogens with two attached hydrogens (primary N) is 1. The third kappa shape index (κ3) is 5.70. The van der Waals surface area contributed by atoms with Crippen molar-refractivity contribution in [3.8, 4) is 0 Å². The highest BCUT2D eigenvalue weighted by atomic mass is 32.2. The first-order valence-corrected chi connectivity index (χ1v) is 12.6. The van der Waals surface area contributed by atoms with Crippen molar-refractivity contribution < 1.29 is 35.9 Å². The summed E-state index contributed by atoms with van der Waals surface area (Å²) in [6.07, 6.45) is -6.86. The maximum atomic E-state index is 13.6. The second-order valence-corrected chi connectivity index (χ2v) is 10.2. The largest absolute Gasteiger partial charge is 0.416 e. The average molecular weight is 583 g/mol. The molecule has 0 radical (unpaired) electrons. The number of fused-ring (bicyclic) bond motifs is 1. The lowest BCUT2D eigenvalue weighted by Gasteiger charge is -2.32. The summed E-state index contributed by atoms with van der Waals surface area (Å²) < 4.78 is 81.0. The molecule has 2 aliphatic heterocycles. The maximum Gasteiger partial charge on any atom is 0.416 e. The van der Waals surface area contributed by atoms with Crippen LogP contribution >= 0.6 is 11.8 Å². The quantitative estimate of drug-likeness (QED) is 0.358. The van der Waals surface area contributed by atoms with Crippen LogP contribution < -0.4 is 11.1 Å². The van der Waals surface area contributed by atoms with Crippen LogP contribution in [0.15, 0.2) is 52.5 Å². The molecule has 2 aromatic carbocycles. The monoisotopic (exact) mass is 582 g/mol. The maximum absolute atomic E-state index is 13.6. The van der Waals surface area contributed by atoms with Crippen LogP contribution in [0.1, 0.15) is 22.3 Å². The van der Waals surface area contributed by atoms with Crippen LogP contribution in [0.5, 0.6) is 0 Å². The molecule has 1 unspecified atom stereocenters. The summed E-state index contributed by atoms with van der Waals surface area (Å²) in [6, 6.07) is 5.89. The van der Waals surface area contributed by atoms with Crippen molar-refractivity contribution in [1.82, 2.24) is 20.0 Å². The van der Waals surface area contributed by atoms with Gasteiger partial charge in [0.05, 0.1) is 34.3 Å². The molecule has 0 saturated carbocycles. The summed E-state index contributed by atoms with van der Waals surface area (Å²) >= 11 is 1.15. The Morgan fingerprint density at radius 2 is 1.90 bits per heavy atom. The van der Waals surface area contributed by atoms with Crippen molar-refractivity contribution in [2.75, 3.05) is 19.6 Å². The number of alkyl halides is 6. The fraction of sp³-hybridized carbons (Fsp3) is 0.280. The lowest BCUT2D eigenvalue weighted by molar-refractivity contribution is -0.143. The summed E-state index contributed by atoms with van der Waals surface area (Å²) in [4.78, 5) is 30.3. The first-order valence-electron chi connectivity index (χ1n) is 11.8. The number of primary amides is 1. The summed E-state index contributed by atoms with van der Waals surface area (Å²) in [6.45, 7) is 0.912. The van der Waals surface area contributed by atoms with E-state index in [9.17, 15) is 35.9 Å². The first kappa shape index (κ1) is 27.7. The molecule has 3 N–H and O–H groups in total. The first-order chi connectivity index (χ1) is 18.8. The standard InChI is InChI=1S/C25H20F6N6O2S/c26-24(27,28)16-3-2-14(17(9-16)25(29,30)31)11-37-19-4-1-13(7-15(19)10-34-37)8-20-22(39)35-23(40-20)36-6-5-33-18(12-36)21(32)38/h1-4,7-10,18,33H,5-6,11-12H2,(H2,32,38)/b20-8+. The van der Waals surface area contributed by atoms with Gasteiger partial charge in [-0.05, 0) is 53.2 Å². The number of benzene rings is 2. The highest BCUT2D eigenvalue weighted by Crippen LogP contribution is 2.38. The Balaban J connectivity index is 1.36. The molecule has 15 heteroatoms. The number of carbonyl (C=O) groups is 2. The number of hydrogen-bond acceptors (Lipinski definition) is 6. The summed E-state index contributed by atoms with van der Waals surface area (Å²) in [7, 11) is 0. The van der Waals surface area contributed by atoms with Gasteiger partial charge in [-0.3, -0.25) is 14.3 Å². The fourth-order valence-corrected chi connectivity index (χ4v) is 5.38.